The second kappa shape index (κ2) is 66.5. The Hall–Kier alpha value is -6.01. The number of ether oxygens (including phenoxy) is 3. The first-order chi connectivity index (χ1) is 40.0. The van der Waals surface area contributed by atoms with Crippen molar-refractivity contribution in [3.8, 4) is 0 Å². The summed E-state index contributed by atoms with van der Waals surface area (Å²) in [7, 11) is 0. The van der Waals surface area contributed by atoms with Gasteiger partial charge in [0, 0.05) is 12.8 Å². The number of unbranched alkanes of at least 4 members (excludes halogenated alkanes) is 10. The summed E-state index contributed by atoms with van der Waals surface area (Å²) in [6.07, 6.45) is 103. The summed E-state index contributed by atoms with van der Waals surface area (Å²) in [5, 5.41) is 0. The van der Waals surface area contributed by atoms with Gasteiger partial charge in [-0.2, -0.15) is 0 Å². The molecule has 0 aliphatic rings. The van der Waals surface area contributed by atoms with Gasteiger partial charge in [-0.3, -0.25) is 14.4 Å². The molecular weight excluding hydrogens is 997 g/mol. The van der Waals surface area contributed by atoms with E-state index in [1.807, 2.05) is 6.08 Å². The van der Waals surface area contributed by atoms with Crippen molar-refractivity contribution in [3.05, 3.63) is 207 Å². The van der Waals surface area contributed by atoms with Gasteiger partial charge in [0.05, 0.1) is 6.42 Å². The molecule has 0 saturated heterocycles. The smallest absolute Gasteiger partial charge is 0.309 e. The highest BCUT2D eigenvalue weighted by Crippen LogP contribution is 2.13. The summed E-state index contributed by atoms with van der Waals surface area (Å²) in [5.41, 5.74) is 0. The van der Waals surface area contributed by atoms with Crippen LogP contribution in [0.3, 0.4) is 0 Å². The van der Waals surface area contributed by atoms with E-state index in [1.54, 1.807) is 6.08 Å². The highest BCUT2D eigenvalue weighted by atomic mass is 16.6. The molecule has 0 aromatic rings. The van der Waals surface area contributed by atoms with Gasteiger partial charge in [0.15, 0.2) is 6.10 Å². The molecule has 1 atom stereocenters. The Kier molecular flexibility index (Phi) is 61.6. The molecule has 0 N–H and O–H groups in total. The lowest BCUT2D eigenvalue weighted by atomic mass is 10.1. The summed E-state index contributed by atoms with van der Waals surface area (Å²) in [4.78, 5) is 38.2. The fourth-order valence-electron chi connectivity index (χ4n) is 7.71. The SMILES string of the molecule is CC/C=C\C/C=C\C/C=C\C/C=C\C/C=C\C/C=C\C/C=C\CCCC(=O)OC(COC(=O)C/C=C\C/C=C\C/C=C\C/C=C\C/C=C\CC)COC(=O)CCCCCCCCCCC/C=C\C/C=C\C/C=C\C/C=C\C/C=C\CC. The van der Waals surface area contributed by atoms with Crippen LogP contribution in [0.5, 0.6) is 0 Å². The molecule has 81 heavy (non-hydrogen) atoms. The minimum absolute atomic E-state index is 0.102. The molecule has 6 heteroatoms. The molecule has 0 aromatic carbocycles. The molecule has 0 spiro atoms. The van der Waals surface area contributed by atoms with Crippen LogP contribution >= 0.6 is 0 Å². The molecule has 0 rings (SSSR count). The molecule has 0 amide bonds. The zero-order valence-corrected chi connectivity index (χ0v) is 51.2. The minimum atomic E-state index is -0.866. The molecule has 1 unspecified atom stereocenters. The van der Waals surface area contributed by atoms with Crippen molar-refractivity contribution in [3.63, 3.8) is 0 Å². The molecule has 0 bridgehead atoms. The van der Waals surface area contributed by atoms with E-state index in [0.29, 0.717) is 19.3 Å². The Morgan fingerprint density at radius 3 is 0.840 bits per heavy atom. The quantitative estimate of drug-likeness (QED) is 0.0261. The second-order valence-corrected chi connectivity index (χ2v) is 19.8. The van der Waals surface area contributed by atoms with Gasteiger partial charge in [-0.25, -0.2) is 0 Å². The first-order valence-electron chi connectivity index (χ1n) is 31.6. The normalized spacial score (nSPS) is 13.6. The maximum atomic E-state index is 12.9. The Labute approximate surface area is 496 Å². The van der Waals surface area contributed by atoms with E-state index >= 15 is 0 Å². The summed E-state index contributed by atoms with van der Waals surface area (Å²) in [5.74, 6) is -1.16. The van der Waals surface area contributed by atoms with E-state index in [1.165, 1.54) is 38.5 Å². The third-order valence-electron chi connectivity index (χ3n) is 12.3. The Morgan fingerprint density at radius 2 is 0.506 bits per heavy atom. The molecular formula is C75H112O6. The molecule has 448 valence electrons. The zero-order chi connectivity index (χ0) is 58.5. The van der Waals surface area contributed by atoms with E-state index in [9.17, 15) is 14.4 Å². The number of hydrogen-bond acceptors (Lipinski definition) is 6. The Balaban J connectivity index is 4.59. The van der Waals surface area contributed by atoms with Crippen LogP contribution in [0.25, 0.3) is 0 Å². The topological polar surface area (TPSA) is 78.9 Å². The van der Waals surface area contributed by atoms with Gasteiger partial charge in [-0.05, 0) is 141 Å². The van der Waals surface area contributed by atoms with E-state index in [2.05, 4.69) is 215 Å². The van der Waals surface area contributed by atoms with Gasteiger partial charge < -0.3 is 14.2 Å². The predicted octanol–water partition coefficient (Wildman–Crippen LogP) is 22.0. The fraction of sp³-hybridized carbons (Fsp3) is 0.507. The number of esters is 3. The standard InChI is InChI=1S/C75H112O6/c1-4-7-10-13-16-19-22-25-28-30-32-34-36-37-39-40-42-44-47-50-53-56-59-62-65-68-74(77)80-71-72(70-79-73(76)67-64-61-58-55-52-49-46-27-24-21-18-15-12-9-6-3)81-75(78)69-66-63-60-57-54-51-48-45-43-41-38-35-33-31-29-26-23-20-17-14-11-8-5-2/h7-12,16-21,25-29,32-35,37,39,41,43,46,48,51-52,55,57,60-61,64,72H,4-6,13-15,22-24,30-31,36,38,40,42,44-45,47,49-50,53-54,56,58-59,62-63,65-71H2,1-3H3/b10-7-,11-8-,12-9-,19-16-,20-17-,21-18-,28-25-,29-26-,34-32-,35-33-,39-37-,43-41-,46-27-,51-48-,55-52-,60-57-,64-61-. The van der Waals surface area contributed by atoms with Crippen LogP contribution in [-0.2, 0) is 28.6 Å². The number of hydrogen-bond donors (Lipinski definition) is 0. The highest BCUT2D eigenvalue weighted by molar-refractivity contribution is 5.72. The number of carbonyl (C=O) groups is 3. The minimum Gasteiger partial charge on any atom is -0.462 e. The first kappa shape index (κ1) is 75.0. The molecule has 0 radical (unpaired) electrons. The average Bonchev–Trinajstić information content (AvgIpc) is 3.47. The van der Waals surface area contributed by atoms with Gasteiger partial charge in [-0.1, -0.05) is 272 Å². The number of rotatable bonds is 54. The lowest BCUT2D eigenvalue weighted by molar-refractivity contribution is -0.166. The van der Waals surface area contributed by atoms with Crippen LogP contribution in [-0.4, -0.2) is 37.2 Å². The third kappa shape index (κ3) is 64.7. The van der Waals surface area contributed by atoms with Crippen LogP contribution in [0, 0.1) is 0 Å². The van der Waals surface area contributed by atoms with Crippen molar-refractivity contribution >= 4 is 17.9 Å². The van der Waals surface area contributed by atoms with Crippen molar-refractivity contribution in [1.29, 1.82) is 0 Å². The lowest BCUT2D eigenvalue weighted by Gasteiger charge is -2.18. The number of allylic oxidation sites excluding steroid dienone is 33. The van der Waals surface area contributed by atoms with Gasteiger partial charge in [-0.15, -0.1) is 0 Å². The predicted molar refractivity (Wildman–Crippen MR) is 352 cm³/mol. The van der Waals surface area contributed by atoms with Crippen molar-refractivity contribution in [2.75, 3.05) is 13.2 Å². The first-order valence-corrected chi connectivity index (χ1v) is 31.6. The second-order valence-electron chi connectivity index (χ2n) is 19.8. The van der Waals surface area contributed by atoms with Gasteiger partial charge >= 0.3 is 17.9 Å². The van der Waals surface area contributed by atoms with Crippen LogP contribution in [0.1, 0.15) is 226 Å². The summed E-state index contributed by atoms with van der Waals surface area (Å²) in [6, 6.07) is 0. The molecule has 0 aliphatic heterocycles. The molecule has 0 fully saturated rings. The lowest BCUT2D eigenvalue weighted by Crippen LogP contribution is -2.30. The van der Waals surface area contributed by atoms with Crippen molar-refractivity contribution in [2.24, 2.45) is 0 Å². The van der Waals surface area contributed by atoms with E-state index in [4.69, 9.17) is 14.2 Å². The summed E-state index contributed by atoms with van der Waals surface area (Å²) < 4.78 is 16.7. The third-order valence-corrected chi connectivity index (χ3v) is 12.3. The number of carbonyl (C=O) groups excluding carboxylic acids is 3. The maximum Gasteiger partial charge on any atom is 0.309 e. The van der Waals surface area contributed by atoms with Crippen LogP contribution in [0.2, 0.25) is 0 Å². The maximum absolute atomic E-state index is 12.9. The molecule has 0 saturated carbocycles. The van der Waals surface area contributed by atoms with Crippen LogP contribution in [0.15, 0.2) is 207 Å². The van der Waals surface area contributed by atoms with Gasteiger partial charge in [0.1, 0.15) is 13.2 Å². The van der Waals surface area contributed by atoms with Gasteiger partial charge in [0.25, 0.3) is 0 Å². The average molecular weight is 1110 g/mol. The largest absolute Gasteiger partial charge is 0.462 e. The van der Waals surface area contributed by atoms with Crippen LogP contribution < -0.4 is 0 Å². The zero-order valence-electron chi connectivity index (χ0n) is 51.2. The Bertz CT molecular complexity index is 2000. The molecule has 0 heterocycles. The summed E-state index contributed by atoms with van der Waals surface area (Å²) in [6.45, 7) is 6.14. The van der Waals surface area contributed by atoms with Crippen molar-refractivity contribution in [2.45, 2.75) is 232 Å². The van der Waals surface area contributed by atoms with Gasteiger partial charge in [0.2, 0.25) is 0 Å². The monoisotopic (exact) mass is 1110 g/mol. The van der Waals surface area contributed by atoms with E-state index < -0.39 is 18.0 Å². The highest BCUT2D eigenvalue weighted by Gasteiger charge is 2.19. The molecule has 0 aromatic heterocycles. The van der Waals surface area contributed by atoms with Crippen molar-refractivity contribution < 1.29 is 28.6 Å². The molecule has 0 aliphatic carbocycles. The Morgan fingerprint density at radius 1 is 0.259 bits per heavy atom. The van der Waals surface area contributed by atoms with E-state index in [-0.39, 0.29) is 32.0 Å². The molecule has 6 nitrogen and oxygen atoms in total. The van der Waals surface area contributed by atoms with E-state index in [0.717, 1.165) is 135 Å². The fourth-order valence-corrected chi connectivity index (χ4v) is 7.71. The summed E-state index contributed by atoms with van der Waals surface area (Å²) >= 11 is 0. The van der Waals surface area contributed by atoms with Crippen LogP contribution in [0.4, 0.5) is 0 Å². The van der Waals surface area contributed by atoms with Crippen molar-refractivity contribution in [1.82, 2.24) is 0 Å².